The van der Waals surface area contributed by atoms with Crippen LogP contribution in [0.15, 0.2) is 48.5 Å². The molecular weight excluding hydrogens is 303 g/mol. The third-order valence-corrected chi connectivity index (χ3v) is 4.75. The molecular formula is C20H27FN2O+2. The highest BCUT2D eigenvalue weighted by molar-refractivity contribution is 5.26. The van der Waals surface area contributed by atoms with Gasteiger partial charge < -0.3 is 14.5 Å². The van der Waals surface area contributed by atoms with Gasteiger partial charge in [0.25, 0.3) is 0 Å². The fourth-order valence-corrected chi connectivity index (χ4v) is 3.38. The van der Waals surface area contributed by atoms with E-state index in [1.165, 1.54) is 10.5 Å². The fourth-order valence-electron chi connectivity index (χ4n) is 3.38. The largest absolute Gasteiger partial charge is 0.494 e. The Bertz CT molecular complexity index is 636. The third kappa shape index (κ3) is 4.56. The van der Waals surface area contributed by atoms with Gasteiger partial charge in [-0.3, -0.25) is 0 Å². The van der Waals surface area contributed by atoms with E-state index in [1.54, 1.807) is 17.0 Å². The van der Waals surface area contributed by atoms with Crippen LogP contribution in [0.5, 0.6) is 5.75 Å². The molecule has 0 radical (unpaired) electrons. The average Bonchev–Trinajstić information content (AvgIpc) is 2.61. The van der Waals surface area contributed by atoms with E-state index in [4.69, 9.17) is 4.74 Å². The summed E-state index contributed by atoms with van der Waals surface area (Å²) >= 11 is 0. The minimum absolute atomic E-state index is 0.0748. The summed E-state index contributed by atoms with van der Waals surface area (Å²) in [5.41, 5.74) is 2.19. The smallest absolute Gasteiger partial charge is 0.132 e. The maximum absolute atomic E-state index is 13.8. The molecule has 24 heavy (non-hydrogen) atoms. The molecule has 0 bridgehead atoms. The van der Waals surface area contributed by atoms with Gasteiger partial charge in [-0.15, -0.1) is 0 Å². The van der Waals surface area contributed by atoms with E-state index in [1.807, 2.05) is 19.1 Å². The number of nitrogens with one attached hydrogen (secondary N) is 2. The molecule has 2 N–H and O–H groups in total. The Balaban J connectivity index is 1.47. The van der Waals surface area contributed by atoms with Crippen LogP contribution in [0.4, 0.5) is 4.39 Å². The first-order valence-electron chi connectivity index (χ1n) is 8.87. The van der Waals surface area contributed by atoms with Crippen molar-refractivity contribution in [3.63, 3.8) is 0 Å². The lowest BCUT2D eigenvalue weighted by molar-refractivity contribution is -1.02. The van der Waals surface area contributed by atoms with Crippen LogP contribution in [0.3, 0.4) is 0 Å². The monoisotopic (exact) mass is 330 g/mol. The molecule has 128 valence electrons. The molecule has 2 aromatic rings. The van der Waals surface area contributed by atoms with E-state index in [0.29, 0.717) is 6.61 Å². The van der Waals surface area contributed by atoms with Gasteiger partial charge in [0.15, 0.2) is 0 Å². The zero-order valence-corrected chi connectivity index (χ0v) is 14.4. The Morgan fingerprint density at radius 1 is 0.875 bits per heavy atom. The summed E-state index contributed by atoms with van der Waals surface area (Å²) in [7, 11) is 0. The Kier molecular flexibility index (Phi) is 5.83. The van der Waals surface area contributed by atoms with E-state index < -0.39 is 0 Å². The number of ether oxygens (including phenoxy) is 1. The topological polar surface area (TPSA) is 18.1 Å². The lowest BCUT2D eigenvalue weighted by atomic mass is 10.1. The molecule has 4 heteroatoms. The normalized spacial score (nSPS) is 20.8. The van der Waals surface area contributed by atoms with Crippen LogP contribution in [0.1, 0.15) is 18.1 Å². The molecule has 3 rings (SSSR count). The van der Waals surface area contributed by atoms with E-state index in [-0.39, 0.29) is 5.82 Å². The van der Waals surface area contributed by atoms with E-state index in [0.717, 1.165) is 50.6 Å². The number of quaternary nitrogens is 2. The Labute approximate surface area is 143 Å². The summed E-state index contributed by atoms with van der Waals surface area (Å²) in [6.45, 7) is 9.02. The second-order valence-electron chi connectivity index (χ2n) is 6.52. The zero-order valence-electron chi connectivity index (χ0n) is 14.4. The highest BCUT2D eigenvalue weighted by atomic mass is 19.1. The van der Waals surface area contributed by atoms with Gasteiger partial charge in [0, 0.05) is 11.1 Å². The Hall–Kier alpha value is -1.91. The molecule has 2 aromatic carbocycles. The first kappa shape index (κ1) is 16.9. The molecule has 1 fully saturated rings. The van der Waals surface area contributed by atoms with Crippen molar-refractivity contribution in [3.8, 4) is 5.75 Å². The van der Waals surface area contributed by atoms with Crippen LogP contribution in [0, 0.1) is 5.82 Å². The minimum atomic E-state index is -0.0748. The molecule has 0 saturated carbocycles. The molecule has 1 heterocycles. The summed E-state index contributed by atoms with van der Waals surface area (Å²) in [5.74, 6) is 0.865. The number of benzene rings is 2. The Morgan fingerprint density at radius 3 is 2.12 bits per heavy atom. The Morgan fingerprint density at radius 2 is 1.50 bits per heavy atom. The van der Waals surface area contributed by atoms with Crippen molar-refractivity contribution in [2.24, 2.45) is 0 Å². The number of rotatable bonds is 6. The van der Waals surface area contributed by atoms with E-state index >= 15 is 0 Å². The fraction of sp³-hybridized carbons (Fsp3) is 0.400. The maximum atomic E-state index is 13.8. The first-order chi connectivity index (χ1) is 11.7. The van der Waals surface area contributed by atoms with Crippen LogP contribution in [0.2, 0.25) is 0 Å². The van der Waals surface area contributed by atoms with Gasteiger partial charge in [-0.25, -0.2) is 4.39 Å². The highest BCUT2D eigenvalue weighted by Gasteiger charge is 2.23. The molecule has 0 aromatic heterocycles. The number of hydrogen-bond donors (Lipinski definition) is 2. The summed E-state index contributed by atoms with van der Waals surface area (Å²) in [4.78, 5) is 3.09. The average molecular weight is 330 g/mol. The second-order valence-corrected chi connectivity index (χ2v) is 6.52. The van der Waals surface area contributed by atoms with Crippen LogP contribution >= 0.6 is 0 Å². The van der Waals surface area contributed by atoms with Gasteiger partial charge in [0.1, 0.15) is 50.8 Å². The molecule has 0 amide bonds. The van der Waals surface area contributed by atoms with Gasteiger partial charge in [-0.2, -0.15) is 0 Å². The minimum Gasteiger partial charge on any atom is -0.494 e. The zero-order chi connectivity index (χ0) is 16.8. The van der Waals surface area contributed by atoms with Gasteiger partial charge in [0.05, 0.1) is 6.61 Å². The van der Waals surface area contributed by atoms with Crippen molar-refractivity contribution >= 4 is 0 Å². The van der Waals surface area contributed by atoms with Crippen molar-refractivity contribution < 1.29 is 18.9 Å². The number of hydrogen-bond acceptors (Lipinski definition) is 1. The first-order valence-corrected chi connectivity index (χ1v) is 8.87. The van der Waals surface area contributed by atoms with Crippen LogP contribution in [0.25, 0.3) is 0 Å². The molecule has 1 aliphatic heterocycles. The van der Waals surface area contributed by atoms with Crippen LogP contribution in [-0.4, -0.2) is 32.8 Å². The molecule has 3 nitrogen and oxygen atoms in total. The third-order valence-electron chi connectivity index (χ3n) is 4.75. The molecule has 0 aliphatic carbocycles. The lowest BCUT2D eigenvalue weighted by Gasteiger charge is -2.29. The van der Waals surface area contributed by atoms with Crippen LogP contribution < -0.4 is 14.5 Å². The molecule has 1 aliphatic rings. The maximum Gasteiger partial charge on any atom is 0.132 e. The van der Waals surface area contributed by atoms with Gasteiger partial charge >= 0.3 is 0 Å². The van der Waals surface area contributed by atoms with Crippen molar-refractivity contribution in [2.45, 2.75) is 20.0 Å². The van der Waals surface area contributed by atoms with Crippen molar-refractivity contribution in [3.05, 3.63) is 65.5 Å². The molecule has 0 unspecified atom stereocenters. The number of halogens is 1. The highest BCUT2D eigenvalue weighted by Crippen LogP contribution is 2.11. The quantitative estimate of drug-likeness (QED) is 0.798. The van der Waals surface area contributed by atoms with Crippen LogP contribution in [-0.2, 0) is 13.1 Å². The van der Waals surface area contributed by atoms with E-state index in [2.05, 4.69) is 24.3 Å². The summed E-state index contributed by atoms with van der Waals surface area (Å²) in [6, 6.07) is 15.6. The summed E-state index contributed by atoms with van der Waals surface area (Å²) in [5, 5.41) is 0. The second kappa shape index (κ2) is 8.27. The van der Waals surface area contributed by atoms with Crippen molar-refractivity contribution in [2.75, 3.05) is 32.8 Å². The summed E-state index contributed by atoms with van der Waals surface area (Å²) < 4.78 is 19.3. The predicted molar refractivity (Wildman–Crippen MR) is 92.8 cm³/mol. The molecule has 0 spiro atoms. The van der Waals surface area contributed by atoms with Gasteiger partial charge in [-0.05, 0) is 37.3 Å². The lowest BCUT2D eigenvalue weighted by Crippen LogP contribution is -3.27. The summed E-state index contributed by atoms with van der Waals surface area (Å²) in [6.07, 6.45) is 0. The molecule has 0 atom stereocenters. The van der Waals surface area contributed by atoms with Crippen molar-refractivity contribution in [1.29, 1.82) is 0 Å². The SMILES string of the molecule is CCOc1ccc(C[NH+]2CC[NH+](Cc3ccccc3F)CC2)cc1. The van der Waals surface area contributed by atoms with E-state index in [9.17, 15) is 4.39 Å². The van der Waals surface area contributed by atoms with Crippen molar-refractivity contribution in [1.82, 2.24) is 0 Å². The predicted octanol–water partition coefficient (Wildman–Crippen LogP) is 0.708. The number of piperazine rings is 1. The standard InChI is InChI=1S/C20H25FN2O/c1-2-24-19-9-7-17(8-10-19)15-22-11-13-23(14-12-22)16-18-5-3-4-6-20(18)21/h3-10H,2,11-16H2,1H3/p+2. The molecule has 1 saturated heterocycles. The van der Waals surface area contributed by atoms with Gasteiger partial charge in [0.2, 0.25) is 0 Å². The van der Waals surface area contributed by atoms with Gasteiger partial charge in [-0.1, -0.05) is 18.2 Å².